The Bertz CT molecular complexity index is 465. The predicted octanol–water partition coefficient (Wildman–Crippen LogP) is 6.76. The molecule has 3 unspecified atom stereocenters. The van der Waals surface area contributed by atoms with Gasteiger partial charge in [0.25, 0.3) is 0 Å². The monoisotopic (exact) mass is 376 g/mol. The van der Waals surface area contributed by atoms with E-state index in [0.29, 0.717) is 21.2 Å². The number of benzene rings is 1. The first-order chi connectivity index (χ1) is 9.29. The normalized spacial score (nSPS) is 27.6. The quantitative estimate of drug-likeness (QED) is 0.499. The zero-order chi connectivity index (χ0) is 14.9. The van der Waals surface area contributed by atoms with Gasteiger partial charge in [-0.3, -0.25) is 0 Å². The summed E-state index contributed by atoms with van der Waals surface area (Å²) in [6.07, 6.45) is 4.86. The minimum Gasteiger partial charge on any atom is -0.0888 e. The Balaban J connectivity index is 2.12. The average Bonchev–Trinajstić information content (AvgIpc) is 2.36. The number of hydrogen-bond acceptors (Lipinski definition) is 0. The molecular formula is C17H23BrCl2. The Morgan fingerprint density at radius 2 is 1.90 bits per heavy atom. The van der Waals surface area contributed by atoms with E-state index >= 15 is 0 Å². The van der Waals surface area contributed by atoms with Crippen molar-refractivity contribution in [2.45, 2.75) is 51.3 Å². The van der Waals surface area contributed by atoms with Crippen LogP contribution in [0, 0.1) is 17.3 Å². The molecule has 1 aromatic carbocycles. The maximum Gasteiger partial charge on any atom is 0.0624 e. The molecule has 0 amide bonds. The third-order valence-electron chi connectivity index (χ3n) is 4.63. The lowest BCUT2D eigenvalue weighted by molar-refractivity contribution is 0.146. The van der Waals surface area contributed by atoms with Gasteiger partial charge >= 0.3 is 0 Å². The summed E-state index contributed by atoms with van der Waals surface area (Å²) in [4.78, 5) is 0.594. The second kappa shape index (κ2) is 6.58. The van der Waals surface area contributed by atoms with Crippen LogP contribution in [0.25, 0.3) is 0 Å². The molecule has 0 aromatic heterocycles. The molecule has 112 valence electrons. The van der Waals surface area contributed by atoms with Gasteiger partial charge in [-0.05, 0) is 54.6 Å². The molecule has 20 heavy (non-hydrogen) atoms. The van der Waals surface area contributed by atoms with Crippen LogP contribution in [0.4, 0.5) is 0 Å². The second-order valence-corrected chi connectivity index (χ2v) is 9.03. The smallest absolute Gasteiger partial charge is 0.0624 e. The number of halogens is 3. The van der Waals surface area contributed by atoms with Crippen LogP contribution in [0.5, 0.6) is 0 Å². The Hall–Kier alpha value is 0.280. The molecule has 0 aliphatic heterocycles. The Labute approximate surface area is 141 Å². The fourth-order valence-electron chi connectivity index (χ4n) is 3.21. The largest absolute Gasteiger partial charge is 0.0888 e. The predicted molar refractivity (Wildman–Crippen MR) is 93.2 cm³/mol. The first-order valence-electron chi connectivity index (χ1n) is 7.36. The van der Waals surface area contributed by atoms with Crippen molar-refractivity contribution in [2.24, 2.45) is 17.3 Å². The maximum absolute atomic E-state index is 6.34. The molecule has 0 N–H and O–H groups in total. The van der Waals surface area contributed by atoms with Crippen molar-refractivity contribution in [1.82, 2.24) is 0 Å². The van der Waals surface area contributed by atoms with Gasteiger partial charge in [0.1, 0.15) is 0 Å². The van der Waals surface area contributed by atoms with Gasteiger partial charge in [-0.25, -0.2) is 0 Å². The van der Waals surface area contributed by atoms with Gasteiger partial charge < -0.3 is 0 Å². The summed E-state index contributed by atoms with van der Waals surface area (Å²) >= 11 is 16.3. The van der Waals surface area contributed by atoms with Crippen LogP contribution >= 0.6 is 39.1 Å². The average molecular weight is 378 g/mol. The fraction of sp³-hybridized carbons (Fsp3) is 0.647. The van der Waals surface area contributed by atoms with E-state index in [1.807, 2.05) is 12.1 Å². The molecule has 1 fully saturated rings. The van der Waals surface area contributed by atoms with E-state index in [2.05, 4.69) is 42.8 Å². The summed E-state index contributed by atoms with van der Waals surface area (Å²) in [6, 6.07) is 5.96. The molecule has 1 aliphatic rings. The van der Waals surface area contributed by atoms with Crippen molar-refractivity contribution in [1.29, 1.82) is 0 Å². The molecule has 3 heteroatoms. The maximum atomic E-state index is 6.34. The molecular weight excluding hydrogens is 355 g/mol. The van der Waals surface area contributed by atoms with Gasteiger partial charge in [-0.2, -0.15) is 0 Å². The van der Waals surface area contributed by atoms with Gasteiger partial charge in [0, 0.05) is 4.83 Å². The molecule has 1 aliphatic carbocycles. The number of hydrogen-bond donors (Lipinski definition) is 0. The van der Waals surface area contributed by atoms with E-state index in [9.17, 15) is 0 Å². The van der Waals surface area contributed by atoms with Crippen LogP contribution in [0.15, 0.2) is 18.2 Å². The molecule has 0 radical (unpaired) electrons. The number of alkyl halides is 1. The van der Waals surface area contributed by atoms with E-state index in [1.54, 1.807) is 0 Å². The van der Waals surface area contributed by atoms with Crippen molar-refractivity contribution >= 4 is 39.1 Å². The lowest BCUT2D eigenvalue weighted by atomic mass is 9.68. The van der Waals surface area contributed by atoms with Crippen molar-refractivity contribution in [2.75, 3.05) is 0 Å². The molecule has 0 nitrogen and oxygen atoms in total. The van der Waals surface area contributed by atoms with Crippen LogP contribution in [0.1, 0.15) is 45.6 Å². The standard InChI is InChI=1S/C17H23BrCl2/c1-17(2,3)13-7-8-14(18)12(10-13)9-11-5-4-6-15(19)16(11)20/h4-6,12-14H,7-10H2,1-3H3. The molecule has 0 saturated heterocycles. The molecule has 1 aromatic rings. The Morgan fingerprint density at radius 1 is 1.20 bits per heavy atom. The van der Waals surface area contributed by atoms with E-state index in [4.69, 9.17) is 23.2 Å². The molecule has 0 heterocycles. The number of rotatable bonds is 2. The minimum atomic E-state index is 0.392. The topological polar surface area (TPSA) is 0 Å². The van der Waals surface area contributed by atoms with Crippen LogP contribution in [0.3, 0.4) is 0 Å². The Kier molecular flexibility index (Phi) is 5.48. The Morgan fingerprint density at radius 3 is 2.55 bits per heavy atom. The zero-order valence-corrected chi connectivity index (χ0v) is 15.5. The van der Waals surface area contributed by atoms with Crippen LogP contribution in [-0.4, -0.2) is 4.83 Å². The molecule has 0 spiro atoms. The van der Waals surface area contributed by atoms with Crippen molar-refractivity contribution in [3.8, 4) is 0 Å². The summed E-state index contributed by atoms with van der Waals surface area (Å²) in [6.45, 7) is 7.07. The van der Waals surface area contributed by atoms with Gasteiger partial charge in [0.2, 0.25) is 0 Å². The SMILES string of the molecule is CC(C)(C)C1CCC(Br)C(Cc2cccc(Cl)c2Cl)C1. The highest BCUT2D eigenvalue weighted by Gasteiger charge is 2.35. The lowest BCUT2D eigenvalue weighted by Gasteiger charge is -2.40. The minimum absolute atomic E-state index is 0.392. The van der Waals surface area contributed by atoms with Crippen molar-refractivity contribution in [3.63, 3.8) is 0 Å². The molecule has 3 atom stereocenters. The second-order valence-electron chi connectivity index (χ2n) is 7.07. The first kappa shape index (κ1) is 16.6. The van der Waals surface area contributed by atoms with E-state index in [1.165, 1.54) is 24.8 Å². The van der Waals surface area contributed by atoms with Crippen molar-refractivity contribution in [3.05, 3.63) is 33.8 Å². The van der Waals surface area contributed by atoms with Gasteiger partial charge in [0.15, 0.2) is 0 Å². The van der Waals surface area contributed by atoms with E-state index < -0.39 is 0 Å². The summed E-state index contributed by atoms with van der Waals surface area (Å²) in [5, 5.41) is 1.39. The van der Waals surface area contributed by atoms with Crippen LogP contribution in [0.2, 0.25) is 10.0 Å². The van der Waals surface area contributed by atoms with Crippen LogP contribution in [-0.2, 0) is 6.42 Å². The summed E-state index contributed by atoms with van der Waals surface area (Å²) in [5.41, 5.74) is 1.58. The molecule has 0 bridgehead atoms. The highest BCUT2D eigenvalue weighted by molar-refractivity contribution is 9.09. The molecule has 2 rings (SSSR count). The van der Waals surface area contributed by atoms with Gasteiger partial charge in [0.05, 0.1) is 10.0 Å². The molecule has 1 saturated carbocycles. The highest BCUT2D eigenvalue weighted by atomic mass is 79.9. The van der Waals surface area contributed by atoms with Crippen molar-refractivity contribution < 1.29 is 0 Å². The van der Waals surface area contributed by atoms with E-state index in [-0.39, 0.29) is 0 Å². The summed E-state index contributed by atoms with van der Waals surface area (Å²) in [5.74, 6) is 1.43. The fourth-order valence-corrected chi connectivity index (χ4v) is 4.28. The first-order valence-corrected chi connectivity index (χ1v) is 9.03. The summed E-state index contributed by atoms with van der Waals surface area (Å²) < 4.78 is 0. The van der Waals surface area contributed by atoms with Gasteiger partial charge in [-0.1, -0.05) is 72.0 Å². The summed E-state index contributed by atoms with van der Waals surface area (Å²) in [7, 11) is 0. The highest BCUT2D eigenvalue weighted by Crippen LogP contribution is 2.44. The van der Waals surface area contributed by atoms with Gasteiger partial charge in [-0.15, -0.1) is 0 Å². The third-order valence-corrected chi connectivity index (χ3v) is 6.69. The van der Waals surface area contributed by atoms with E-state index in [0.717, 1.165) is 17.4 Å². The van der Waals surface area contributed by atoms with Crippen LogP contribution < -0.4 is 0 Å². The zero-order valence-electron chi connectivity index (χ0n) is 12.4. The third kappa shape index (κ3) is 3.93. The lowest BCUT2D eigenvalue weighted by Crippen LogP contribution is -2.33.